The fourth-order valence-corrected chi connectivity index (χ4v) is 2.28. The van der Waals surface area contributed by atoms with Crippen molar-refractivity contribution in [1.82, 2.24) is 0 Å². The molecule has 2 N–H and O–H groups in total. The first kappa shape index (κ1) is 17.9. The van der Waals surface area contributed by atoms with Gasteiger partial charge in [0.1, 0.15) is 0 Å². The van der Waals surface area contributed by atoms with Gasteiger partial charge in [0.2, 0.25) is 0 Å². The minimum absolute atomic E-state index is 0.129. The van der Waals surface area contributed by atoms with Gasteiger partial charge in [-0.05, 0) is 38.5 Å². The van der Waals surface area contributed by atoms with Crippen LogP contribution in [0.3, 0.4) is 0 Å². The van der Waals surface area contributed by atoms with Gasteiger partial charge in [-0.1, -0.05) is 6.07 Å². The van der Waals surface area contributed by atoms with Crippen LogP contribution in [0.2, 0.25) is 0 Å². The van der Waals surface area contributed by atoms with E-state index in [2.05, 4.69) is 9.47 Å². The summed E-state index contributed by atoms with van der Waals surface area (Å²) in [6.45, 7) is 4.52. The Kier molecular flexibility index (Phi) is 4.17. The largest absolute Gasteiger partial charge is 0.586 e. The van der Waals surface area contributed by atoms with Crippen LogP contribution in [0.15, 0.2) is 18.2 Å². The lowest BCUT2D eigenvalue weighted by Crippen LogP contribution is -2.54. The number of aliphatic carboxylic acids is 2. The molecule has 24 heavy (non-hydrogen) atoms. The van der Waals surface area contributed by atoms with Gasteiger partial charge in [0.15, 0.2) is 11.5 Å². The lowest BCUT2D eigenvalue weighted by Gasteiger charge is -2.32. The molecule has 1 aliphatic rings. The molecule has 0 spiro atoms. The molecule has 0 bridgehead atoms. The van der Waals surface area contributed by atoms with Crippen LogP contribution in [0.1, 0.15) is 26.3 Å². The van der Waals surface area contributed by atoms with E-state index >= 15 is 0 Å². The summed E-state index contributed by atoms with van der Waals surface area (Å²) in [6, 6.07) is 3.52. The number of carbonyl (C=O) groups is 2. The number of ether oxygens (including phenoxy) is 3. The van der Waals surface area contributed by atoms with E-state index < -0.39 is 35.9 Å². The molecular weight excluding hydrogens is 330 g/mol. The van der Waals surface area contributed by atoms with Crippen molar-refractivity contribution in [3.63, 3.8) is 0 Å². The number of benzene rings is 1. The highest BCUT2D eigenvalue weighted by Crippen LogP contribution is 2.42. The van der Waals surface area contributed by atoms with Crippen LogP contribution in [0, 0.1) is 0 Å². The smallest absolute Gasteiger partial charge is 0.479 e. The van der Waals surface area contributed by atoms with Crippen molar-refractivity contribution < 1.29 is 42.8 Å². The third-order valence-corrected chi connectivity index (χ3v) is 3.09. The number of halogens is 2. The summed E-state index contributed by atoms with van der Waals surface area (Å²) in [7, 11) is 0. The van der Waals surface area contributed by atoms with Crippen molar-refractivity contribution in [2.75, 3.05) is 0 Å². The van der Waals surface area contributed by atoms with Gasteiger partial charge in [0.05, 0.1) is 5.60 Å². The minimum Gasteiger partial charge on any atom is -0.479 e. The summed E-state index contributed by atoms with van der Waals surface area (Å²) < 4.78 is 39.9. The summed E-state index contributed by atoms with van der Waals surface area (Å²) in [5.41, 5.74) is -3.52. The maximum Gasteiger partial charge on any atom is 0.586 e. The Hall–Kier alpha value is -2.42. The van der Waals surface area contributed by atoms with E-state index in [4.69, 9.17) is 4.74 Å². The molecule has 1 heterocycles. The predicted molar refractivity (Wildman–Crippen MR) is 75.2 cm³/mol. The Morgan fingerprint density at radius 1 is 1.12 bits per heavy atom. The first-order chi connectivity index (χ1) is 10.8. The Morgan fingerprint density at radius 2 is 1.67 bits per heavy atom. The number of rotatable bonds is 5. The second-order valence-corrected chi connectivity index (χ2v) is 6.28. The highest BCUT2D eigenvalue weighted by atomic mass is 19.3. The molecule has 0 aliphatic carbocycles. The van der Waals surface area contributed by atoms with E-state index in [0.717, 1.165) is 12.1 Å². The Balaban J connectivity index is 2.38. The lowest BCUT2D eigenvalue weighted by molar-refractivity contribution is -0.286. The average molecular weight is 346 g/mol. The summed E-state index contributed by atoms with van der Waals surface area (Å²) in [5, 5.41) is 18.8. The monoisotopic (exact) mass is 346 g/mol. The van der Waals surface area contributed by atoms with E-state index in [1.54, 1.807) is 0 Å². The van der Waals surface area contributed by atoms with Crippen LogP contribution in [-0.2, 0) is 20.7 Å². The number of hydrogen-bond donors (Lipinski definition) is 2. The summed E-state index contributed by atoms with van der Waals surface area (Å²) in [6.07, 6.45) is -4.41. The summed E-state index contributed by atoms with van der Waals surface area (Å²) >= 11 is 0. The zero-order chi connectivity index (χ0) is 18.3. The van der Waals surface area contributed by atoms with Gasteiger partial charge < -0.3 is 24.4 Å². The molecule has 0 saturated heterocycles. The van der Waals surface area contributed by atoms with Gasteiger partial charge in [-0.25, -0.2) is 9.59 Å². The minimum atomic E-state index is -3.82. The van der Waals surface area contributed by atoms with E-state index in [0.29, 0.717) is 0 Å². The van der Waals surface area contributed by atoms with E-state index in [9.17, 15) is 28.6 Å². The number of hydrogen-bond acceptors (Lipinski definition) is 5. The SMILES string of the molecule is CC(C)(C)OC(Cc1ccc2c(c1)OC(F)(F)O2)(C(=O)O)C(=O)O. The molecule has 1 aliphatic heterocycles. The molecule has 0 radical (unpaired) electrons. The normalized spacial score (nSPS) is 16.0. The van der Waals surface area contributed by atoms with Crippen LogP contribution in [0.4, 0.5) is 8.78 Å². The maximum atomic E-state index is 13.0. The van der Waals surface area contributed by atoms with Gasteiger partial charge in [0, 0.05) is 6.42 Å². The first-order valence-electron chi connectivity index (χ1n) is 6.90. The van der Waals surface area contributed by atoms with Crippen LogP contribution in [-0.4, -0.2) is 39.6 Å². The van der Waals surface area contributed by atoms with Crippen molar-refractivity contribution >= 4 is 11.9 Å². The predicted octanol–water partition coefficient (Wildman–Crippen LogP) is 2.27. The van der Waals surface area contributed by atoms with Gasteiger partial charge in [-0.3, -0.25) is 0 Å². The topological polar surface area (TPSA) is 102 Å². The van der Waals surface area contributed by atoms with Crippen molar-refractivity contribution in [3.8, 4) is 11.5 Å². The van der Waals surface area contributed by atoms with Crippen LogP contribution >= 0.6 is 0 Å². The Bertz CT molecular complexity index is 665. The summed E-state index contributed by atoms with van der Waals surface area (Å²) in [5.74, 6) is -3.93. The molecule has 0 amide bonds. The summed E-state index contributed by atoms with van der Waals surface area (Å²) in [4.78, 5) is 23.2. The molecule has 0 saturated carbocycles. The fourth-order valence-electron chi connectivity index (χ4n) is 2.28. The Morgan fingerprint density at radius 3 is 2.17 bits per heavy atom. The van der Waals surface area contributed by atoms with Crippen molar-refractivity contribution in [3.05, 3.63) is 23.8 Å². The highest BCUT2D eigenvalue weighted by Gasteiger charge is 2.51. The maximum absolute atomic E-state index is 13.0. The van der Waals surface area contributed by atoms with Gasteiger partial charge >= 0.3 is 18.2 Å². The van der Waals surface area contributed by atoms with Crippen LogP contribution in [0.25, 0.3) is 0 Å². The molecular formula is C15H16F2O7. The lowest BCUT2D eigenvalue weighted by atomic mass is 9.93. The molecule has 132 valence electrons. The quantitative estimate of drug-likeness (QED) is 0.789. The fraction of sp³-hybridized carbons (Fsp3) is 0.467. The van der Waals surface area contributed by atoms with Gasteiger partial charge in [0.25, 0.3) is 5.60 Å². The number of carboxylic acid groups (broad SMARTS) is 2. The molecule has 0 atom stereocenters. The molecule has 7 nitrogen and oxygen atoms in total. The third kappa shape index (κ3) is 3.56. The molecule has 0 aromatic heterocycles. The van der Waals surface area contributed by atoms with Crippen molar-refractivity contribution in [2.24, 2.45) is 0 Å². The van der Waals surface area contributed by atoms with Crippen LogP contribution < -0.4 is 9.47 Å². The molecule has 9 heteroatoms. The highest BCUT2D eigenvalue weighted by molar-refractivity contribution is 6.02. The zero-order valence-corrected chi connectivity index (χ0v) is 13.1. The molecule has 2 rings (SSSR count). The molecule has 1 aromatic rings. The molecule has 0 fully saturated rings. The van der Waals surface area contributed by atoms with Gasteiger partial charge in [-0.15, -0.1) is 8.78 Å². The molecule has 1 aromatic carbocycles. The number of fused-ring (bicyclic) bond motifs is 1. The van der Waals surface area contributed by atoms with Gasteiger partial charge in [-0.2, -0.15) is 0 Å². The second-order valence-electron chi connectivity index (χ2n) is 6.28. The third-order valence-electron chi connectivity index (χ3n) is 3.09. The van der Waals surface area contributed by atoms with Crippen molar-refractivity contribution in [2.45, 2.75) is 44.7 Å². The van der Waals surface area contributed by atoms with E-state index in [1.165, 1.54) is 26.8 Å². The van der Waals surface area contributed by atoms with Crippen molar-refractivity contribution in [1.29, 1.82) is 0 Å². The first-order valence-corrected chi connectivity index (χ1v) is 6.90. The van der Waals surface area contributed by atoms with E-state index in [1.807, 2.05) is 0 Å². The molecule has 0 unspecified atom stereocenters. The average Bonchev–Trinajstić information content (AvgIpc) is 2.68. The Labute approximate surface area is 135 Å². The zero-order valence-electron chi connectivity index (χ0n) is 13.1. The van der Waals surface area contributed by atoms with Crippen LogP contribution in [0.5, 0.6) is 11.5 Å². The number of alkyl halides is 2. The second kappa shape index (κ2) is 5.59. The number of carboxylic acids is 2. The van der Waals surface area contributed by atoms with E-state index in [-0.39, 0.29) is 17.1 Å². The standard InChI is InChI=1S/C15H16F2O7/c1-13(2,3)24-14(11(18)19,12(20)21)7-8-4-5-9-10(6-8)23-15(16,17)22-9/h4-6H,7H2,1-3H3,(H,18,19)(H,20,21).